The molecule has 0 bridgehead atoms. The zero-order chi connectivity index (χ0) is 10.7. The van der Waals surface area contributed by atoms with Crippen LogP contribution >= 0.6 is 20.6 Å². The molecule has 1 aromatic rings. The Labute approximate surface area is 96.2 Å². The van der Waals surface area contributed by atoms with Gasteiger partial charge in [-0.25, -0.2) is 0 Å². The molecule has 15 heavy (non-hydrogen) atoms. The highest BCUT2D eigenvalue weighted by Gasteiger charge is 2.19. The smallest absolute Gasteiger partial charge is 0.155 e. The van der Waals surface area contributed by atoms with Gasteiger partial charge in [-0.1, -0.05) is 30.3 Å². The van der Waals surface area contributed by atoms with E-state index in [0.29, 0.717) is 0 Å². The molecule has 0 spiro atoms. The van der Waals surface area contributed by atoms with Crippen molar-refractivity contribution in [3.05, 3.63) is 40.9 Å². The highest BCUT2D eigenvalue weighted by atomic mass is 35.5. The van der Waals surface area contributed by atoms with Crippen molar-refractivity contribution in [1.82, 2.24) is 0 Å². The molecule has 80 valence electrons. The minimum atomic E-state index is 0.0597. The maximum atomic E-state index is 6.13. The van der Waals surface area contributed by atoms with Gasteiger partial charge < -0.3 is 9.05 Å². The van der Waals surface area contributed by atoms with Crippen LogP contribution in [0.3, 0.4) is 0 Å². The predicted molar refractivity (Wildman–Crippen MR) is 64.3 cm³/mol. The molecule has 1 saturated heterocycles. The second-order valence-corrected chi connectivity index (χ2v) is 4.41. The van der Waals surface area contributed by atoms with Crippen molar-refractivity contribution in [3.8, 4) is 0 Å². The van der Waals surface area contributed by atoms with Crippen molar-refractivity contribution < 1.29 is 9.05 Å². The van der Waals surface area contributed by atoms with Gasteiger partial charge in [0, 0.05) is 17.0 Å². The summed E-state index contributed by atoms with van der Waals surface area (Å²) in [6, 6.07) is 5.85. The molecule has 1 unspecified atom stereocenters. The molecule has 4 heteroatoms. The van der Waals surface area contributed by atoms with E-state index >= 15 is 0 Å². The van der Waals surface area contributed by atoms with E-state index < -0.39 is 0 Å². The maximum absolute atomic E-state index is 6.13. The number of hydrogen-bond donors (Lipinski definition) is 0. The molecular formula is C11H12ClO2P. The summed E-state index contributed by atoms with van der Waals surface area (Å²) in [5.74, 6) is 0. The fourth-order valence-electron chi connectivity index (χ4n) is 1.51. The molecule has 1 aliphatic heterocycles. The Morgan fingerprint density at radius 1 is 1.53 bits per heavy atom. The largest absolute Gasteiger partial charge is 0.336 e. The standard InChI is InChI=1S/C11H12ClO2P/c1-2-8-3-4-10(12)9(7-8)11-5-6-13-15-14-11/h2-4,7,11,15H,1,5-6H2/t11-/m1/s1. The van der Waals surface area contributed by atoms with E-state index in [0.717, 1.165) is 29.2 Å². The van der Waals surface area contributed by atoms with Crippen molar-refractivity contribution in [2.45, 2.75) is 12.5 Å². The summed E-state index contributed by atoms with van der Waals surface area (Å²) < 4.78 is 10.7. The van der Waals surface area contributed by atoms with Crippen molar-refractivity contribution in [2.75, 3.05) is 6.61 Å². The first-order valence-electron chi connectivity index (χ1n) is 4.75. The van der Waals surface area contributed by atoms with Crippen LogP contribution in [-0.4, -0.2) is 6.61 Å². The Balaban J connectivity index is 2.28. The Morgan fingerprint density at radius 2 is 2.40 bits per heavy atom. The van der Waals surface area contributed by atoms with Crippen LogP contribution in [0, 0.1) is 0 Å². The molecule has 2 atom stereocenters. The number of benzene rings is 1. The molecule has 0 N–H and O–H groups in total. The van der Waals surface area contributed by atoms with E-state index in [1.165, 1.54) is 0 Å². The lowest BCUT2D eigenvalue weighted by atomic mass is 10.0. The van der Waals surface area contributed by atoms with E-state index in [1.54, 1.807) is 6.08 Å². The van der Waals surface area contributed by atoms with Gasteiger partial charge in [0.25, 0.3) is 0 Å². The molecule has 1 aliphatic rings. The average Bonchev–Trinajstić information content (AvgIpc) is 2.31. The highest BCUT2D eigenvalue weighted by molar-refractivity contribution is 7.26. The quantitative estimate of drug-likeness (QED) is 0.731. The normalized spacial score (nSPS) is 22.9. The van der Waals surface area contributed by atoms with Gasteiger partial charge in [-0.15, -0.1) is 0 Å². The number of rotatable bonds is 2. The number of halogens is 1. The first kappa shape index (κ1) is 11.1. The number of hydrogen-bond acceptors (Lipinski definition) is 2. The van der Waals surface area contributed by atoms with E-state index in [9.17, 15) is 0 Å². The first-order chi connectivity index (χ1) is 7.31. The topological polar surface area (TPSA) is 18.5 Å². The van der Waals surface area contributed by atoms with Gasteiger partial charge in [-0.05, 0) is 17.7 Å². The minimum Gasteiger partial charge on any atom is -0.336 e. The molecule has 0 radical (unpaired) electrons. The van der Waals surface area contributed by atoms with Crippen LogP contribution in [0.2, 0.25) is 5.02 Å². The summed E-state index contributed by atoms with van der Waals surface area (Å²) in [5, 5.41) is 0.748. The fraction of sp³-hybridized carbons (Fsp3) is 0.273. The molecule has 0 aliphatic carbocycles. The Morgan fingerprint density at radius 3 is 3.07 bits per heavy atom. The lowest BCUT2D eigenvalue weighted by Gasteiger charge is -2.23. The second kappa shape index (κ2) is 5.09. The monoisotopic (exact) mass is 242 g/mol. The van der Waals surface area contributed by atoms with Gasteiger partial charge >= 0.3 is 0 Å². The van der Waals surface area contributed by atoms with E-state index in [-0.39, 0.29) is 15.1 Å². The summed E-state index contributed by atoms with van der Waals surface area (Å²) in [4.78, 5) is 0. The van der Waals surface area contributed by atoms with E-state index in [4.69, 9.17) is 20.6 Å². The molecule has 0 aromatic heterocycles. The molecule has 2 rings (SSSR count). The van der Waals surface area contributed by atoms with Crippen molar-refractivity contribution in [2.24, 2.45) is 0 Å². The van der Waals surface area contributed by atoms with Crippen LogP contribution in [-0.2, 0) is 9.05 Å². The van der Waals surface area contributed by atoms with Gasteiger partial charge in [0.1, 0.15) is 0 Å². The van der Waals surface area contributed by atoms with Gasteiger partial charge in [-0.3, -0.25) is 0 Å². The lowest BCUT2D eigenvalue weighted by molar-refractivity contribution is 0.121. The first-order valence-corrected chi connectivity index (χ1v) is 5.95. The Kier molecular flexibility index (Phi) is 3.76. The van der Waals surface area contributed by atoms with E-state index in [1.807, 2.05) is 18.2 Å². The van der Waals surface area contributed by atoms with Crippen LogP contribution in [0.15, 0.2) is 24.8 Å². The van der Waals surface area contributed by atoms with Gasteiger partial charge in [0.2, 0.25) is 0 Å². The van der Waals surface area contributed by atoms with Crippen LogP contribution in [0.25, 0.3) is 6.08 Å². The predicted octanol–water partition coefficient (Wildman–Crippen LogP) is 3.97. The molecule has 1 heterocycles. The summed E-state index contributed by atoms with van der Waals surface area (Å²) in [6.07, 6.45) is 2.72. The molecule has 2 nitrogen and oxygen atoms in total. The van der Waals surface area contributed by atoms with Crippen molar-refractivity contribution in [3.63, 3.8) is 0 Å². The summed E-state index contributed by atoms with van der Waals surface area (Å²) >= 11 is 6.13. The average molecular weight is 243 g/mol. The third-order valence-corrected chi connectivity index (χ3v) is 3.38. The third-order valence-electron chi connectivity index (χ3n) is 2.33. The summed E-state index contributed by atoms with van der Waals surface area (Å²) in [7, 11) is 0.117. The van der Waals surface area contributed by atoms with Crippen LogP contribution in [0.5, 0.6) is 0 Å². The van der Waals surface area contributed by atoms with Crippen molar-refractivity contribution in [1.29, 1.82) is 0 Å². The zero-order valence-electron chi connectivity index (χ0n) is 8.20. The Hall–Kier alpha value is -0.400. The third kappa shape index (κ3) is 2.59. The molecule has 0 saturated carbocycles. The highest BCUT2D eigenvalue weighted by Crippen LogP contribution is 2.38. The zero-order valence-corrected chi connectivity index (χ0v) is 9.96. The van der Waals surface area contributed by atoms with Crippen LogP contribution < -0.4 is 0 Å². The maximum Gasteiger partial charge on any atom is 0.155 e. The molecule has 1 fully saturated rings. The lowest BCUT2D eigenvalue weighted by Crippen LogP contribution is -2.08. The van der Waals surface area contributed by atoms with Gasteiger partial charge in [-0.2, -0.15) is 0 Å². The van der Waals surface area contributed by atoms with Gasteiger partial charge in [0.05, 0.1) is 12.7 Å². The second-order valence-electron chi connectivity index (χ2n) is 3.31. The van der Waals surface area contributed by atoms with Gasteiger partial charge in [0.15, 0.2) is 9.03 Å². The minimum absolute atomic E-state index is 0.0597. The van der Waals surface area contributed by atoms with Crippen LogP contribution in [0.4, 0.5) is 0 Å². The Bertz CT molecular complexity index is 362. The fourth-order valence-corrected chi connectivity index (χ4v) is 2.38. The van der Waals surface area contributed by atoms with Crippen LogP contribution in [0.1, 0.15) is 23.7 Å². The molecular weight excluding hydrogens is 231 g/mol. The SMILES string of the molecule is C=Cc1ccc(Cl)c([C@H]2CCOPO2)c1. The van der Waals surface area contributed by atoms with E-state index in [2.05, 4.69) is 6.58 Å². The molecule has 0 amide bonds. The summed E-state index contributed by atoms with van der Waals surface area (Å²) in [5.41, 5.74) is 2.10. The molecule has 1 aromatic carbocycles. The van der Waals surface area contributed by atoms with Crippen molar-refractivity contribution >= 4 is 26.7 Å². The summed E-state index contributed by atoms with van der Waals surface area (Å²) in [6.45, 7) is 4.47.